The minimum atomic E-state index is -6.91. The molecule has 0 saturated carbocycles. The summed E-state index contributed by atoms with van der Waals surface area (Å²) in [5, 5.41) is 8.49. The Bertz CT molecular complexity index is 790. The van der Waals surface area contributed by atoms with Gasteiger partial charge in [0.25, 0.3) is 0 Å². The molecule has 1 rings (SSSR count). The first-order chi connectivity index (χ1) is 10.2. The van der Waals surface area contributed by atoms with E-state index in [1.807, 2.05) is 0 Å². The SMILES string of the molecule is N#Cc1ccc(N(S(=O)(=O)C(F)(F)F)S(=O)(=O)C(F)(F)F)cc1. The molecule has 23 heavy (non-hydrogen) atoms. The van der Waals surface area contributed by atoms with E-state index in [-0.39, 0.29) is 5.56 Å². The number of hydrogen-bond acceptors (Lipinski definition) is 5. The average molecular weight is 382 g/mol. The van der Waals surface area contributed by atoms with Crippen molar-refractivity contribution in [2.24, 2.45) is 0 Å². The van der Waals surface area contributed by atoms with E-state index in [1.54, 1.807) is 0 Å². The Labute approximate surface area is 125 Å². The molecule has 0 saturated heterocycles. The summed E-state index contributed by atoms with van der Waals surface area (Å²) < 4.78 is 118. The fourth-order valence-corrected chi connectivity index (χ4v) is 3.97. The van der Waals surface area contributed by atoms with Gasteiger partial charge in [-0.05, 0) is 24.3 Å². The van der Waals surface area contributed by atoms with Crippen LogP contribution < -0.4 is 3.71 Å². The van der Waals surface area contributed by atoms with Crippen LogP contribution in [-0.2, 0) is 20.0 Å². The smallest absolute Gasteiger partial charge is 0.196 e. The lowest BCUT2D eigenvalue weighted by Gasteiger charge is -2.25. The summed E-state index contributed by atoms with van der Waals surface area (Å²) in [5.41, 5.74) is -14.3. The van der Waals surface area contributed by atoms with Crippen LogP contribution in [0.1, 0.15) is 5.56 Å². The standard InChI is InChI=1S/C9H4F6N2O4S2/c10-8(11,12)22(18,19)17(23(20,21)9(13,14)15)7-3-1-6(5-16)2-4-7/h1-4H. The van der Waals surface area contributed by atoms with Crippen molar-refractivity contribution in [3.63, 3.8) is 0 Å². The predicted molar refractivity (Wildman–Crippen MR) is 63.6 cm³/mol. The van der Waals surface area contributed by atoms with Gasteiger partial charge in [0.05, 0.1) is 17.3 Å². The van der Waals surface area contributed by atoms with Crippen LogP contribution in [0.5, 0.6) is 0 Å². The minimum Gasteiger partial charge on any atom is -0.196 e. The van der Waals surface area contributed by atoms with Gasteiger partial charge in [0.2, 0.25) is 0 Å². The average Bonchev–Trinajstić information content (AvgIpc) is 2.36. The molecule has 1 aromatic carbocycles. The zero-order chi connectivity index (χ0) is 18.3. The summed E-state index contributed by atoms with van der Waals surface area (Å²) in [4.78, 5) is 0. The normalized spacial score (nSPS) is 13.4. The molecule has 6 nitrogen and oxygen atoms in total. The Morgan fingerprint density at radius 1 is 0.826 bits per heavy atom. The van der Waals surface area contributed by atoms with Crippen molar-refractivity contribution in [2.45, 2.75) is 11.0 Å². The molecule has 0 aliphatic carbocycles. The lowest BCUT2D eigenvalue weighted by molar-refractivity contribution is -0.0462. The molecule has 0 atom stereocenters. The minimum absolute atomic E-state index is 0.248. The maximum atomic E-state index is 12.5. The Balaban J connectivity index is 3.74. The van der Waals surface area contributed by atoms with E-state index in [4.69, 9.17) is 5.26 Å². The molecule has 0 radical (unpaired) electrons. The molecule has 0 amide bonds. The molecule has 14 heteroatoms. The third-order valence-corrected chi connectivity index (χ3v) is 5.87. The van der Waals surface area contributed by atoms with Gasteiger partial charge in [0.1, 0.15) is 0 Å². The van der Waals surface area contributed by atoms with Crippen LogP contribution in [0, 0.1) is 11.3 Å². The third kappa shape index (κ3) is 3.34. The second kappa shape index (κ2) is 5.57. The summed E-state index contributed by atoms with van der Waals surface area (Å²) in [6, 6.07) is 3.42. The van der Waals surface area contributed by atoms with Crippen molar-refractivity contribution >= 4 is 25.7 Å². The molecule has 0 heterocycles. The van der Waals surface area contributed by atoms with Gasteiger partial charge in [-0.1, -0.05) is 0 Å². The van der Waals surface area contributed by atoms with Crippen LogP contribution in [0.25, 0.3) is 0 Å². The van der Waals surface area contributed by atoms with Crippen molar-refractivity contribution in [2.75, 3.05) is 3.71 Å². The van der Waals surface area contributed by atoms with Crippen molar-refractivity contribution in [3.05, 3.63) is 29.8 Å². The molecule has 0 unspecified atom stereocenters. The monoisotopic (exact) mass is 382 g/mol. The van der Waals surface area contributed by atoms with Crippen molar-refractivity contribution in [1.29, 1.82) is 5.26 Å². The molecule has 0 spiro atoms. The number of nitriles is 1. The quantitative estimate of drug-likeness (QED) is 0.746. The van der Waals surface area contributed by atoms with Gasteiger partial charge < -0.3 is 0 Å². The maximum Gasteiger partial charge on any atom is 0.517 e. The van der Waals surface area contributed by atoms with E-state index in [0.717, 1.165) is 0 Å². The zero-order valence-corrected chi connectivity index (χ0v) is 12.1. The van der Waals surface area contributed by atoms with Gasteiger partial charge in [-0.15, -0.1) is 3.71 Å². The van der Waals surface area contributed by atoms with Gasteiger partial charge in [0.15, 0.2) is 0 Å². The molecule has 0 fully saturated rings. The highest BCUT2D eigenvalue weighted by Gasteiger charge is 2.61. The molecule has 128 valence electrons. The van der Waals surface area contributed by atoms with Crippen molar-refractivity contribution < 1.29 is 43.2 Å². The van der Waals surface area contributed by atoms with Crippen LogP contribution in [0.3, 0.4) is 0 Å². The van der Waals surface area contributed by atoms with E-state index >= 15 is 0 Å². The molecular formula is C9H4F6N2O4S2. The van der Waals surface area contributed by atoms with Crippen molar-refractivity contribution in [3.8, 4) is 6.07 Å². The summed E-state index contributed by atoms with van der Waals surface area (Å²) in [6.07, 6.45) is 0. The van der Waals surface area contributed by atoms with Crippen LogP contribution in [0.15, 0.2) is 24.3 Å². The first-order valence-electron chi connectivity index (χ1n) is 5.09. The zero-order valence-electron chi connectivity index (χ0n) is 10.4. The predicted octanol–water partition coefficient (Wildman–Crippen LogP) is 2.06. The van der Waals surface area contributed by atoms with Gasteiger partial charge in [-0.2, -0.15) is 48.4 Å². The lowest BCUT2D eigenvalue weighted by atomic mass is 10.2. The second-order valence-corrected chi connectivity index (χ2v) is 7.54. The van der Waals surface area contributed by atoms with Crippen LogP contribution >= 0.6 is 0 Å². The summed E-state index contributed by atoms with van der Waals surface area (Å²) >= 11 is 0. The van der Waals surface area contributed by atoms with Crippen molar-refractivity contribution in [1.82, 2.24) is 0 Å². The number of hydrogen-bond donors (Lipinski definition) is 0. The number of nitrogens with zero attached hydrogens (tertiary/aromatic N) is 2. The highest BCUT2D eigenvalue weighted by Crippen LogP contribution is 2.38. The Morgan fingerprint density at radius 2 is 1.17 bits per heavy atom. The Kier molecular flexibility index (Phi) is 4.61. The number of alkyl halides is 6. The van der Waals surface area contributed by atoms with E-state index in [0.29, 0.717) is 24.3 Å². The number of benzene rings is 1. The molecule has 0 N–H and O–H groups in total. The lowest BCUT2D eigenvalue weighted by Crippen LogP contribution is -2.49. The number of halogens is 6. The van der Waals surface area contributed by atoms with Crippen LogP contribution in [0.2, 0.25) is 0 Å². The summed E-state index contributed by atoms with van der Waals surface area (Å²) in [7, 11) is -13.8. The molecule has 0 bridgehead atoms. The van der Waals surface area contributed by atoms with Gasteiger partial charge in [0, 0.05) is 0 Å². The van der Waals surface area contributed by atoms with Crippen LogP contribution in [-0.4, -0.2) is 27.9 Å². The maximum absolute atomic E-state index is 12.5. The Morgan fingerprint density at radius 3 is 1.43 bits per heavy atom. The first-order valence-corrected chi connectivity index (χ1v) is 7.97. The number of anilines is 1. The molecule has 0 aliphatic heterocycles. The summed E-state index contributed by atoms with van der Waals surface area (Å²) in [6.45, 7) is 0. The molecule has 1 aromatic rings. The third-order valence-electron chi connectivity index (χ3n) is 2.23. The number of rotatable bonds is 3. The van der Waals surface area contributed by atoms with E-state index in [2.05, 4.69) is 0 Å². The van der Waals surface area contributed by atoms with Gasteiger partial charge in [-0.25, -0.2) is 0 Å². The summed E-state index contributed by atoms with van der Waals surface area (Å²) in [5.74, 6) is 0. The van der Waals surface area contributed by atoms with E-state index < -0.39 is 40.5 Å². The first kappa shape index (κ1) is 19.0. The molecule has 0 aromatic heterocycles. The van der Waals surface area contributed by atoms with E-state index in [9.17, 15) is 43.2 Å². The van der Waals surface area contributed by atoms with Crippen LogP contribution in [0.4, 0.5) is 32.0 Å². The molecule has 0 aliphatic rings. The van der Waals surface area contributed by atoms with E-state index in [1.165, 1.54) is 6.07 Å². The topological polar surface area (TPSA) is 95.3 Å². The molecular weight excluding hydrogens is 378 g/mol. The fraction of sp³-hybridized carbons (Fsp3) is 0.222. The second-order valence-electron chi connectivity index (χ2n) is 3.76. The highest BCUT2D eigenvalue weighted by atomic mass is 32.3. The largest absolute Gasteiger partial charge is 0.517 e. The fourth-order valence-electron chi connectivity index (χ4n) is 1.25. The number of sulfonamides is 2. The highest BCUT2D eigenvalue weighted by molar-refractivity contribution is 8.11. The van der Waals surface area contributed by atoms with Gasteiger partial charge in [-0.3, -0.25) is 0 Å². The van der Waals surface area contributed by atoms with Gasteiger partial charge >= 0.3 is 31.1 Å². The Hall–Kier alpha value is -2.01.